The highest BCUT2D eigenvalue weighted by molar-refractivity contribution is 7.99. The number of alkyl carbamates (subject to hydrolysis) is 1. The van der Waals surface area contributed by atoms with Crippen LogP contribution < -0.4 is 15.4 Å². The normalized spacial score (nSPS) is 19.5. The lowest BCUT2D eigenvalue weighted by molar-refractivity contribution is -0.124. The minimum atomic E-state index is -0.683. The minimum Gasteiger partial charge on any atom is -0.491 e. The topological polar surface area (TPSA) is 98.8 Å². The molecule has 0 aliphatic carbocycles. The largest absolute Gasteiger partial charge is 0.491 e. The molecule has 0 radical (unpaired) electrons. The van der Waals surface area contributed by atoms with E-state index in [-0.39, 0.29) is 25.2 Å². The molecule has 3 rings (SSSR count). The summed E-state index contributed by atoms with van der Waals surface area (Å²) in [5.74, 6) is 1.36. The maximum absolute atomic E-state index is 12.9. The number of thioether (sulfide) groups is 1. The Morgan fingerprint density at radius 1 is 1.27 bits per heavy atom. The molecule has 0 fully saturated rings. The van der Waals surface area contributed by atoms with Crippen LogP contribution in [0.1, 0.15) is 26.2 Å². The van der Waals surface area contributed by atoms with E-state index in [1.807, 2.05) is 43.6 Å². The Hall–Kier alpha value is -2.78. The number of rotatable bonds is 4. The van der Waals surface area contributed by atoms with Crippen molar-refractivity contribution in [3.8, 4) is 16.9 Å². The molecule has 2 bridgehead atoms. The van der Waals surface area contributed by atoms with E-state index in [0.717, 1.165) is 40.4 Å². The first-order chi connectivity index (χ1) is 16.1. The highest BCUT2D eigenvalue weighted by Crippen LogP contribution is 2.32. The third-order valence-corrected chi connectivity index (χ3v) is 6.12. The molecule has 2 aromatic rings. The van der Waals surface area contributed by atoms with Crippen LogP contribution in [0.3, 0.4) is 0 Å². The maximum atomic E-state index is 12.9. The molecule has 178 valence electrons. The fourth-order valence-corrected chi connectivity index (χ4v) is 4.32. The summed E-state index contributed by atoms with van der Waals surface area (Å²) in [5.41, 5.74) is 1.95. The van der Waals surface area contributed by atoms with Gasteiger partial charge in [0.2, 0.25) is 5.91 Å². The fraction of sp³-hybridized carbons (Fsp3) is 0.458. The average molecular weight is 474 g/mol. The van der Waals surface area contributed by atoms with E-state index >= 15 is 0 Å². The Balaban J connectivity index is 1.73. The van der Waals surface area contributed by atoms with Gasteiger partial charge in [-0.05, 0) is 37.7 Å². The predicted molar refractivity (Wildman–Crippen MR) is 127 cm³/mol. The van der Waals surface area contributed by atoms with Crippen LogP contribution in [-0.4, -0.2) is 61.8 Å². The third kappa shape index (κ3) is 7.94. The number of para-hydroxylation sites is 1. The molecule has 0 unspecified atom stereocenters. The van der Waals surface area contributed by atoms with Gasteiger partial charge in [0.1, 0.15) is 25.0 Å². The molecule has 2 N–H and O–H groups in total. The summed E-state index contributed by atoms with van der Waals surface area (Å²) in [4.78, 5) is 30.5. The van der Waals surface area contributed by atoms with Crippen LogP contribution in [0.5, 0.6) is 5.75 Å². The van der Waals surface area contributed by atoms with Crippen molar-refractivity contribution in [2.24, 2.45) is 0 Å². The molecule has 0 saturated heterocycles. The Kier molecular flexibility index (Phi) is 9.83. The molecule has 9 heteroatoms. The predicted octanol–water partition coefficient (Wildman–Crippen LogP) is 3.65. The fourth-order valence-electron chi connectivity index (χ4n) is 3.39. The number of nitrogens with zero attached hydrogens (tertiary/aromatic N) is 1. The van der Waals surface area contributed by atoms with E-state index in [4.69, 9.17) is 14.2 Å². The van der Waals surface area contributed by atoms with Crippen molar-refractivity contribution < 1.29 is 23.8 Å². The Bertz CT molecular complexity index is 926. The van der Waals surface area contributed by atoms with Gasteiger partial charge in [-0.1, -0.05) is 24.6 Å². The Labute approximate surface area is 198 Å². The summed E-state index contributed by atoms with van der Waals surface area (Å²) in [6.07, 6.45) is 5.26. The lowest BCUT2D eigenvalue weighted by Gasteiger charge is -2.22. The molecule has 2 amide bonds. The number of hydrogen-bond acceptors (Lipinski definition) is 7. The SMILES string of the molecule is COCCOC(=O)N[C@H]1CCCCSc2cncc(c2)-c2ccccc2OC[C@@H](C)NC1=O. The van der Waals surface area contributed by atoms with E-state index < -0.39 is 12.1 Å². The lowest BCUT2D eigenvalue weighted by atomic mass is 10.1. The molecule has 1 aromatic carbocycles. The maximum Gasteiger partial charge on any atom is 0.407 e. The Morgan fingerprint density at radius 2 is 2.12 bits per heavy atom. The van der Waals surface area contributed by atoms with Gasteiger partial charge in [-0.2, -0.15) is 0 Å². The van der Waals surface area contributed by atoms with Gasteiger partial charge in [-0.3, -0.25) is 9.78 Å². The van der Waals surface area contributed by atoms with Crippen molar-refractivity contribution in [2.45, 2.75) is 43.2 Å². The summed E-state index contributed by atoms with van der Waals surface area (Å²) in [5, 5.41) is 5.63. The van der Waals surface area contributed by atoms with Crippen molar-refractivity contribution in [2.75, 3.05) is 32.7 Å². The number of methoxy groups -OCH3 is 1. The van der Waals surface area contributed by atoms with E-state index in [2.05, 4.69) is 21.7 Å². The summed E-state index contributed by atoms with van der Waals surface area (Å²) in [6, 6.07) is 8.98. The molecule has 0 saturated carbocycles. The second-order valence-electron chi connectivity index (χ2n) is 7.80. The molecule has 0 spiro atoms. The number of nitrogens with one attached hydrogen (secondary N) is 2. The number of fused-ring (bicyclic) bond motifs is 4. The monoisotopic (exact) mass is 473 g/mol. The summed E-state index contributed by atoms with van der Waals surface area (Å²) in [7, 11) is 1.53. The number of carbonyl (C=O) groups is 2. The number of carbonyl (C=O) groups excluding carboxylic acids is 2. The van der Waals surface area contributed by atoms with Crippen LogP contribution in [0, 0.1) is 0 Å². The van der Waals surface area contributed by atoms with Gasteiger partial charge in [0.05, 0.1) is 12.6 Å². The summed E-state index contributed by atoms with van der Waals surface area (Å²) < 4.78 is 16.0. The molecule has 2 atom stereocenters. The molecule has 2 heterocycles. The summed E-state index contributed by atoms with van der Waals surface area (Å²) >= 11 is 1.72. The van der Waals surface area contributed by atoms with Gasteiger partial charge in [0.15, 0.2) is 0 Å². The molecular weight excluding hydrogens is 442 g/mol. The molecule has 1 aromatic heterocycles. The van der Waals surface area contributed by atoms with Crippen molar-refractivity contribution in [1.29, 1.82) is 0 Å². The van der Waals surface area contributed by atoms with Crippen molar-refractivity contribution >= 4 is 23.8 Å². The third-order valence-electron chi connectivity index (χ3n) is 5.07. The molecule has 33 heavy (non-hydrogen) atoms. The van der Waals surface area contributed by atoms with Crippen LogP contribution in [-0.2, 0) is 14.3 Å². The number of hydrogen-bond donors (Lipinski definition) is 2. The van der Waals surface area contributed by atoms with Crippen LogP contribution in [0.2, 0.25) is 0 Å². The van der Waals surface area contributed by atoms with Crippen molar-refractivity contribution in [3.63, 3.8) is 0 Å². The molecule has 1 aliphatic heterocycles. The smallest absolute Gasteiger partial charge is 0.407 e. The van der Waals surface area contributed by atoms with Gasteiger partial charge in [0.25, 0.3) is 0 Å². The Morgan fingerprint density at radius 3 is 2.97 bits per heavy atom. The van der Waals surface area contributed by atoms with Gasteiger partial charge >= 0.3 is 6.09 Å². The second-order valence-corrected chi connectivity index (χ2v) is 8.96. The first-order valence-corrected chi connectivity index (χ1v) is 12.1. The van der Waals surface area contributed by atoms with Crippen molar-refractivity contribution in [1.82, 2.24) is 15.6 Å². The van der Waals surface area contributed by atoms with E-state index in [9.17, 15) is 9.59 Å². The second kappa shape index (κ2) is 13.1. The van der Waals surface area contributed by atoms with E-state index in [1.54, 1.807) is 11.8 Å². The number of amides is 2. The van der Waals surface area contributed by atoms with E-state index in [1.165, 1.54) is 7.11 Å². The standard InChI is InChI=1S/C24H31N3O5S/c1-17-16-32-22-9-4-3-7-20(22)18-13-19(15-25-14-18)33-12-6-5-8-21(23(28)26-17)27-24(29)31-11-10-30-2/h3-4,7,9,13-15,17,21H,5-6,8,10-12,16H2,1-2H3,(H,26,28)(H,27,29)/t17-,21+/m1/s1. The van der Waals surface area contributed by atoms with Gasteiger partial charge in [-0.15, -0.1) is 11.8 Å². The van der Waals surface area contributed by atoms with Gasteiger partial charge < -0.3 is 24.8 Å². The zero-order valence-corrected chi connectivity index (χ0v) is 19.9. The minimum absolute atomic E-state index is 0.129. The lowest BCUT2D eigenvalue weighted by Crippen LogP contribution is -2.50. The van der Waals surface area contributed by atoms with Crippen LogP contribution in [0.4, 0.5) is 4.79 Å². The van der Waals surface area contributed by atoms with Gasteiger partial charge in [0, 0.05) is 35.5 Å². The van der Waals surface area contributed by atoms with Gasteiger partial charge in [-0.25, -0.2) is 4.79 Å². The van der Waals surface area contributed by atoms with Crippen LogP contribution >= 0.6 is 11.8 Å². The molecular formula is C24H31N3O5S. The van der Waals surface area contributed by atoms with E-state index in [0.29, 0.717) is 13.0 Å². The van der Waals surface area contributed by atoms with Crippen molar-refractivity contribution in [3.05, 3.63) is 42.7 Å². The molecule has 8 nitrogen and oxygen atoms in total. The summed E-state index contributed by atoms with van der Waals surface area (Å²) in [6.45, 7) is 2.59. The molecule has 1 aliphatic rings. The first-order valence-electron chi connectivity index (χ1n) is 11.1. The number of aromatic nitrogens is 1. The number of benzene rings is 1. The van der Waals surface area contributed by atoms with Crippen LogP contribution in [0.15, 0.2) is 47.6 Å². The highest BCUT2D eigenvalue weighted by Gasteiger charge is 2.23. The first kappa shape index (κ1) is 24.9. The number of pyridine rings is 1. The number of ether oxygens (including phenoxy) is 3. The zero-order chi connectivity index (χ0) is 23.5. The quantitative estimate of drug-likeness (QED) is 0.654. The zero-order valence-electron chi connectivity index (χ0n) is 19.0. The highest BCUT2D eigenvalue weighted by atomic mass is 32.2. The van der Waals surface area contributed by atoms with Crippen LogP contribution in [0.25, 0.3) is 11.1 Å². The average Bonchev–Trinajstić information content (AvgIpc) is 2.81.